The van der Waals surface area contributed by atoms with Crippen molar-refractivity contribution in [2.75, 3.05) is 14.1 Å². The van der Waals surface area contributed by atoms with Gasteiger partial charge in [0.25, 0.3) is 0 Å². The normalized spacial score (nSPS) is 10.3. The predicted octanol–water partition coefficient (Wildman–Crippen LogP) is 0.907. The largest absolute Gasteiger partial charge is 0.274 e. The number of hydrazine groups is 1. The summed E-state index contributed by atoms with van der Waals surface area (Å²) in [5.74, 6) is 0.0267. The number of carbonyl (C=O) groups is 1. The topological polar surface area (TPSA) is 36.4 Å². The molecule has 1 rings (SSSR count). The van der Waals surface area contributed by atoms with Crippen LogP contribution in [0, 0.1) is 0 Å². The van der Waals surface area contributed by atoms with Crippen LogP contribution in [0.1, 0.15) is 12.5 Å². The molecule has 0 N–H and O–H groups in total. The number of hydrogen-bond acceptors (Lipinski definition) is 3. The summed E-state index contributed by atoms with van der Waals surface area (Å²) in [5.41, 5.74) is 1.02. The van der Waals surface area contributed by atoms with Gasteiger partial charge in [0.1, 0.15) is 0 Å². The van der Waals surface area contributed by atoms with Gasteiger partial charge in [0.05, 0.1) is 6.54 Å². The molecule has 0 aromatic carbocycles. The minimum atomic E-state index is 0.0267. The fraction of sp³-hybridized carbons (Fsp3) is 0.400. The number of aromatic nitrogens is 1. The second-order valence-corrected chi connectivity index (χ2v) is 3.29. The van der Waals surface area contributed by atoms with Crippen LogP contribution in [0.3, 0.4) is 0 Å². The molecule has 0 aliphatic carbocycles. The van der Waals surface area contributed by atoms with Crippen LogP contribution in [-0.2, 0) is 11.3 Å². The molecule has 0 bridgehead atoms. The highest BCUT2D eigenvalue weighted by atomic mass is 16.2. The Labute approximate surface area is 84.1 Å². The SMILES string of the molecule is CC(=O)N(Cc1cccnc1)N(C)C. The minimum absolute atomic E-state index is 0.0267. The third-order valence-electron chi connectivity index (χ3n) is 1.90. The number of amides is 1. The lowest BCUT2D eigenvalue weighted by atomic mass is 10.3. The van der Waals surface area contributed by atoms with Crippen molar-refractivity contribution in [2.45, 2.75) is 13.5 Å². The van der Waals surface area contributed by atoms with E-state index in [0.717, 1.165) is 5.56 Å². The third kappa shape index (κ3) is 2.81. The van der Waals surface area contributed by atoms with E-state index in [-0.39, 0.29) is 5.91 Å². The Morgan fingerprint density at radius 2 is 2.21 bits per heavy atom. The van der Waals surface area contributed by atoms with Crippen molar-refractivity contribution in [1.82, 2.24) is 15.0 Å². The Bertz CT molecular complexity index is 297. The van der Waals surface area contributed by atoms with E-state index in [1.165, 1.54) is 0 Å². The molecule has 0 aliphatic rings. The van der Waals surface area contributed by atoms with Gasteiger partial charge in [-0.3, -0.25) is 14.8 Å². The number of pyridine rings is 1. The molecule has 0 spiro atoms. The van der Waals surface area contributed by atoms with Crippen molar-refractivity contribution in [2.24, 2.45) is 0 Å². The van der Waals surface area contributed by atoms with Crippen molar-refractivity contribution in [3.8, 4) is 0 Å². The molecule has 0 unspecified atom stereocenters. The highest BCUT2D eigenvalue weighted by Gasteiger charge is 2.10. The lowest BCUT2D eigenvalue weighted by Gasteiger charge is -2.27. The van der Waals surface area contributed by atoms with Crippen LogP contribution in [0.2, 0.25) is 0 Å². The summed E-state index contributed by atoms with van der Waals surface area (Å²) in [5, 5.41) is 3.42. The molecule has 0 atom stereocenters. The molecule has 1 heterocycles. The van der Waals surface area contributed by atoms with E-state index in [0.29, 0.717) is 6.54 Å². The van der Waals surface area contributed by atoms with Crippen molar-refractivity contribution < 1.29 is 4.79 Å². The maximum Gasteiger partial charge on any atom is 0.234 e. The van der Waals surface area contributed by atoms with Gasteiger partial charge in [0, 0.05) is 33.4 Å². The maximum atomic E-state index is 11.3. The van der Waals surface area contributed by atoms with Crippen LogP contribution in [0.5, 0.6) is 0 Å². The van der Waals surface area contributed by atoms with Crippen molar-refractivity contribution >= 4 is 5.91 Å². The summed E-state index contributed by atoms with van der Waals surface area (Å²) in [6, 6.07) is 3.82. The average Bonchev–Trinajstić information content (AvgIpc) is 2.15. The molecule has 14 heavy (non-hydrogen) atoms. The molecule has 1 aromatic rings. The molecule has 0 radical (unpaired) electrons. The smallest absolute Gasteiger partial charge is 0.234 e. The quantitative estimate of drug-likeness (QED) is 0.669. The van der Waals surface area contributed by atoms with Gasteiger partial charge >= 0.3 is 0 Å². The molecule has 0 aliphatic heterocycles. The number of carbonyl (C=O) groups excluding carboxylic acids is 1. The maximum absolute atomic E-state index is 11.3. The van der Waals surface area contributed by atoms with E-state index in [2.05, 4.69) is 4.98 Å². The minimum Gasteiger partial charge on any atom is -0.274 e. The van der Waals surface area contributed by atoms with Gasteiger partial charge in [0.15, 0.2) is 0 Å². The summed E-state index contributed by atoms with van der Waals surface area (Å²) >= 11 is 0. The van der Waals surface area contributed by atoms with Gasteiger partial charge < -0.3 is 0 Å². The highest BCUT2D eigenvalue weighted by Crippen LogP contribution is 2.03. The molecule has 0 fully saturated rings. The zero-order chi connectivity index (χ0) is 10.6. The zero-order valence-corrected chi connectivity index (χ0v) is 8.77. The first-order valence-corrected chi connectivity index (χ1v) is 4.45. The van der Waals surface area contributed by atoms with E-state index < -0.39 is 0 Å². The molecule has 0 saturated carbocycles. The molecule has 4 nitrogen and oxygen atoms in total. The van der Waals surface area contributed by atoms with Crippen LogP contribution < -0.4 is 0 Å². The molecule has 1 amide bonds. The molecule has 4 heteroatoms. The molecule has 1 aromatic heterocycles. The van der Waals surface area contributed by atoms with Crippen LogP contribution in [0.25, 0.3) is 0 Å². The Kier molecular flexibility index (Phi) is 3.59. The van der Waals surface area contributed by atoms with Crippen molar-refractivity contribution in [3.63, 3.8) is 0 Å². The monoisotopic (exact) mass is 193 g/mol. The first-order valence-electron chi connectivity index (χ1n) is 4.45. The van der Waals surface area contributed by atoms with E-state index in [1.807, 2.05) is 26.2 Å². The zero-order valence-electron chi connectivity index (χ0n) is 8.77. The lowest BCUT2D eigenvalue weighted by molar-refractivity contribution is -0.143. The number of hydrogen-bond donors (Lipinski definition) is 0. The number of rotatable bonds is 3. The van der Waals surface area contributed by atoms with Crippen molar-refractivity contribution in [1.29, 1.82) is 0 Å². The molecular weight excluding hydrogens is 178 g/mol. The summed E-state index contributed by atoms with van der Waals surface area (Å²) in [7, 11) is 3.69. The second-order valence-electron chi connectivity index (χ2n) is 3.29. The molecular formula is C10H15N3O. The van der Waals surface area contributed by atoms with Crippen LogP contribution in [0.15, 0.2) is 24.5 Å². The van der Waals surface area contributed by atoms with Gasteiger partial charge in [0.2, 0.25) is 5.91 Å². The van der Waals surface area contributed by atoms with Gasteiger partial charge in [-0.1, -0.05) is 6.07 Å². The number of nitrogens with zero attached hydrogens (tertiary/aromatic N) is 3. The third-order valence-corrected chi connectivity index (χ3v) is 1.90. The summed E-state index contributed by atoms with van der Waals surface area (Å²) < 4.78 is 0. The lowest BCUT2D eigenvalue weighted by Crippen LogP contribution is -2.39. The standard InChI is InChI=1S/C10H15N3O/c1-9(14)13(12(2)3)8-10-5-4-6-11-7-10/h4-7H,8H2,1-3H3. The molecule has 76 valence electrons. The first kappa shape index (κ1) is 10.7. The van der Waals surface area contributed by atoms with Gasteiger partial charge in [-0.2, -0.15) is 0 Å². The van der Waals surface area contributed by atoms with Gasteiger partial charge in [-0.15, -0.1) is 0 Å². The van der Waals surface area contributed by atoms with E-state index in [9.17, 15) is 4.79 Å². The van der Waals surface area contributed by atoms with E-state index in [4.69, 9.17) is 0 Å². The predicted molar refractivity (Wildman–Crippen MR) is 54.1 cm³/mol. The van der Waals surface area contributed by atoms with Gasteiger partial charge in [-0.25, -0.2) is 5.01 Å². The summed E-state index contributed by atoms with van der Waals surface area (Å²) in [4.78, 5) is 15.3. The van der Waals surface area contributed by atoms with Crippen LogP contribution >= 0.6 is 0 Å². The summed E-state index contributed by atoms with van der Waals surface area (Å²) in [6.07, 6.45) is 3.48. The van der Waals surface area contributed by atoms with Crippen LogP contribution in [0.4, 0.5) is 0 Å². The van der Waals surface area contributed by atoms with E-state index >= 15 is 0 Å². The van der Waals surface area contributed by atoms with Crippen molar-refractivity contribution in [3.05, 3.63) is 30.1 Å². The Morgan fingerprint density at radius 1 is 1.50 bits per heavy atom. The highest BCUT2D eigenvalue weighted by molar-refractivity contribution is 5.72. The second kappa shape index (κ2) is 4.72. The Hall–Kier alpha value is -1.42. The Morgan fingerprint density at radius 3 is 2.64 bits per heavy atom. The van der Waals surface area contributed by atoms with Crippen LogP contribution in [-0.4, -0.2) is 35.0 Å². The van der Waals surface area contributed by atoms with Gasteiger partial charge in [-0.05, 0) is 11.6 Å². The average molecular weight is 193 g/mol. The molecule has 0 saturated heterocycles. The Balaban J connectivity index is 2.70. The summed E-state index contributed by atoms with van der Waals surface area (Å²) in [6.45, 7) is 2.12. The first-order chi connectivity index (χ1) is 6.61. The fourth-order valence-electron chi connectivity index (χ4n) is 1.20. The van der Waals surface area contributed by atoms with E-state index in [1.54, 1.807) is 29.3 Å². The fourth-order valence-corrected chi connectivity index (χ4v) is 1.20.